The zero-order chi connectivity index (χ0) is 14.6. The molecule has 0 saturated carbocycles. The molecule has 1 aromatic rings. The molecular formula is C12H17BrClN3O2S. The largest absolute Gasteiger partial charge is 0.314 e. The van der Waals surface area contributed by atoms with Gasteiger partial charge in [0.15, 0.2) is 0 Å². The average Bonchev–Trinajstić information content (AvgIpc) is 2.43. The SMILES string of the molecule is O=S(=O)(CCN1CCNCC1)Nc1cccc(Cl)c1Br. The molecule has 0 spiro atoms. The van der Waals surface area contributed by atoms with E-state index in [9.17, 15) is 8.42 Å². The van der Waals surface area contributed by atoms with E-state index in [1.807, 2.05) is 0 Å². The van der Waals surface area contributed by atoms with Crippen LogP contribution < -0.4 is 10.0 Å². The fourth-order valence-electron chi connectivity index (χ4n) is 1.99. The Hall–Kier alpha value is -0.340. The van der Waals surface area contributed by atoms with Crippen LogP contribution in [0, 0.1) is 0 Å². The third kappa shape index (κ3) is 4.60. The zero-order valence-corrected chi connectivity index (χ0v) is 14.1. The fraction of sp³-hybridized carbons (Fsp3) is 0.500. The highest BCUT2D eigenvalue weighted by Crippen LogP contribution is 2.30. The van der Waals surface area contributed by atoms with Crippen LogP contribution in [0.5, 0.6) is 0 Å². The summed E-state index contributed by atoms with van der Waals surface area (Å²) in [6, 6.07) is 5.09. The molecule has 0 bridgehead atoms. The van der Waals surface area contributed by atoms with Crippen LogP contribution >= 0.6 is 27.5 Å². The van der Waals surface area contributed by atoms with Crippen LogP contribution in [-0.4, -0.2) is 51.8 Å². The van der Waals surface area contributed by atoms with Crippen LogP contribution in [-0.2, 0) is 10.0 Å². The van der Waals surface area contributed by atoms with E-state index < -0.39 is 10.0 Å². The predicted molar refractivity (Wildman–Crippen MR) is 85.9 cm³/mol. The van der Waals surface area contributed by atoms with E-state index in [-0.39, 0.29) is 5.75 Å². The first kappa shape index (κ1) is 16.0. The first-order valence-corrected chi connectivity index (χ1v) is 9.18. The number of halogens is 2. The van der Waals surface area contributed by atoms with Gasteiger partial charge in [-0.2, -0.15) is 0 Å². The number of nitrogens with zero attached hydrogens (tertiary/aromatic N) is 1. The van der Waals surface area contributed by atoms with Crippen LogP contribution in [0.25, 0.3) is 0 Å². The van der Waals surface area contributed by atoms with E-state index in [1.165, 1.54) is 0 Å². The maximum Gasteiger partial charge on any atom is 0.234 e. The first-order chi connectivity index (χ1) is 9.48. The fourth-order valence-corrected chi connectivity index (χ4v) is 3.76. The first-order valence-electron chi connectivity index (χ1n) is 6.35. The Kier molecular flexibility index (Phi) is 5.68. The van der Waals surface area contributed by atoms with Gasteiger partial charge in [-0.3, -0.25) is 9.62 Å². The summed E-state index contributed by atoms with van der Waals surface area (Å²) < 4.78 is 27.3. The second kappa shape index (κ2) is 7.09. The molecule has 0 atom stereocenters. The molecule has 1 aliphatic heterocycles. The molecule has 1 aliphatic rings. The number of benzene rings is 1. The van der Waals surface area contributed by atoms with Crippen molar-refractivity contribution in [1.82, 2.24) is 10.2 Å². The number of hydrogen-bond donors (Lipinski definition) is 2. The van der Waals surface area contributed by atoms with Gasteiger partial charge in [0.2, 0.25) is 10.0 Å². The molecule has 1 saturated heterocycles. The van der Waals surface area contributed by atoms with Crippen molar-refractivity contribution < 1.29 is 8.42 Å². The van der Waals surface area contributed by atoms with Crippen molar-refractivity contribution >= 4 is 43.2 Å². The number of anilines is 1. The van der Waals surface area contributed by atoms with Gasteiger partial charge in [0.1, 0.15) is 0 Å². The topological polar surface area (TPSA) is 61.4 Å². The molecule has 0 unspecified atom stereocenters. The summed E-state index contributed by atoms with van der Waals surface area (Å²) in [4.78, 5) is 2.14. The summed E-state index contributed by atoms with van der Waals surface area (Å²) in [7, 11) is -3.37. The molecule has 5 nitrogen and oxygen atoms in total. The lowest BCUT2D eigenvalue weighted by atomic mass is 10.3. The standard InChI is InChI=1S/C12H17BrClN3O2S/c13-12-10(14)2-1-3-11(12)16-20(18,19)9-8-17-6-4-15-5-7-17/h1-3,15-16H,4-9H2. The van der Waals surface area contributed by atoms with Crippen LogP contribution in [0.3, 0.4) is 0 Å². The summed E-state index contributed by atoms with van der Waals surface area (Å²) in [6.07, 6.45) is 0. The molecule has 0 amide bonds. The quantitative estimate of drug-likeness (QED) is 0.814. The van der Waals surface area contributed by atoms with Crippen LogP contribution in [0.1, 0.15) is 0 Å². The Bertz CT molecular complexity index is 562. The van der Waals surface area contributed by atoms with Crippen molar-refractivity contribution in [2.45, 2.75) is 0 Å². The monoisotopic (exact) mass is 381 g/mol. The smallest absolute Gasteiger partial charge is 0.234 e. The number of piperazine rings is 1. The van der Waals surface area contributed by atoms with Crippen molar-refractivity contribution in [2.24, 2.45) is 0 Å². The summed E-state index contributed by atoms with van der Waals surface area (Å²) in [5.74, 6) is 0.0754. The Labute approximate surface area is 132 Å². The van der Waals surface area contributed by atoms with Gasteiger partial charge in [0.25, 0.3) is 0 Å². The minimum Gasteiger partial charge on any atom is -0.314 e. The normalized spacial score (nSPS) is 17.1. The van der Waals surface area contributed by atoms with E-state index in [1.54, 1.807) is 18.2 Å². The number of sulfonamides is 1. The molecule has 1 aromatic carbocycles. The summed E-state index contributed by atoms with van der Waals surface area (Å²) in [5.41, 5.74) is 0.470. The van der Waals surface area contributed by atoms with Gasteiger partial charge in [-0.15, -0.1) is 0 Å². The maximum atomic E-state index is 12.1. The Balaban J connectivity index is 1.94. The Morgan fingerprint density at radius 1 is 1.35 bits per heavy atom. The van der Waals surface area contributed by atoms with Crippen molar-refractivity contribution in [3.8, 4) is 0 Å². The van der Waals surface area contributed by atoms with E-state index >= 15 is 0 Å². The minimum absolute atomic E-state index is 0.0754. The average molecular weight is 383 g/mol. The summed E-state index contributed by atoms with van der Waals surface area (Å²) in [6.45, 7) is 4.13. The maximum absolute atomic E-state index is 12.1. The lowest BCUT2D eigenvalue weighted by Crippen LogP contribution is -2.45. The molecule has 0 aromatic heterocycles. The second-order valence-electron chi connectivity index (χ2n) is 4.61. The van der Waals surface area contributed by atoms with Crippen molar-refractivity contribution in [3.63, 3.8) is 0 Å². The van der Waals surface area contributed by atoms with Crippen molar-refractivity contribution in [1.29, 1.82) is 0 Å². The summed E-state index contributed by atoms with van der Waals surface area (Å²) in [5, 5.41) is 3.72. The molecule has 112 valence electrons. The van der Waals surface area contributed by atoms with Crippen LogP contribution in [0.4, 0.5) is 5.69 Å². The number of rotatable bonds is 5. The van der Waals surface area contributed by atoms with Crippen LogP contribution in [0.15, 0.2) is 22.7 Å². The van der Waals surface area contributed by atoms with E-state index in [0.29, 0.717) is 21.7 Å². The molecule has 20 heavy (non-hydrogen) atoms. The molecule has 2 rings (SSSR count). The molecule has 8 heteroatoms. The highest BCUT2D eigenvalue weighted by Gasteiger charge is 2.17. The van der Waals surface area contributed by atoms with E-state index in [4.69, 9.17) is 11.6 Å². The highest BCUT2D eigenvalue weighted by molar-refractivity contribution is 9.10. The second-order valence-corrected chi connectivity index (χ2v) is 7.66. The predicted octanol–water partition coefficient (Wildman–Crippen LogP) is 1.75. The Morgan fingerprint density at radius 3 is 2.75 bits per heavy atom. The Morgan fingerprint density at radius 2 is 2.05 bits per heavy atom. The third-order valence-corrected chi connectivity index (χ3v) is 5.75. The van der Waals surface area contributed by atoms with Crippen molar-refractivity contribution in [2.75, 3.05) is 43.2 Å². The molecule has 0 radical (unpaired) electrons. The van der Waals surface area contributed by atoms with Gasteiger partial charge in [-0.25, -0.2) is 8.42 Å². The number of hydrogen-bond acceptors (Lipinski definition) is 4. The molecule has 0 aliphatic carbocycles. The van der Waals surface area contributed by atoms with Gasteiger partial charge in [0.05, 0.1) is 20.9 Å². The molecule has 2 N–H and O–H groups in total. The lowest BCUT2D eigenvalue weighted by Gasteiger charge is -2.26. The van der Waals surface area contributed by atoms with Crippen LogP contribution in [0.2, 0.25) is 5.02 Å². The van der Waals surface area contributed by atoms with Gasteiger partial charge in [-0.05, 0) is 28.1 Å². The van der Waals surface area contributed by atoms with Gasteiger partial charge in [-0.1, -0.05) is 17.7 Å². The van der Waals surface area contributed by atoms with Gasteiger partial charge in [0, 0.05) is 32.7 Å². The number of nitrogens with one attached hydrogen (secondary N) is 2. The van der Waals surface area contributed by atoms with E-state index in [0.717, 1.165) is 26.2 Å². The molecular weight excluding hydrogens is 366 g/mol. The van der Waals surface area contributed by atoms with Gasteiger partial charge < -0.3 is 5.32 Å². The van der Waals surface area contributed by atoms with E-state index in [2.05, 4.69) is 30.9 Å². The van der Waals surface area contributed by atoms with Crippen molar-refractivity contribution in [3.05, 3.63) is 27.7 Å². The molecule has 1 heterocycles. The lowest BCUT2D eigenvalue weighted by molar-refractivity contribution is 0.254. The zero-order valence-electron chi connectivity index (χ0n) is 10.9. The molecule has 1 fully saturated rings. The minimum atomic E-state index is -3.37. The van der Waals surface area contributed by atoms with Gasteiger partial charge >= 0.3 is 0 Å². The third-order valence-electron chi connectivity index (χ3n) is 3.10. The summed E-state index contributed by atoms with van der Waals surface area (Å²) >= 11 is 9.23. The highest BCUT2D eigenvalue weighted by atomic mass is 79.9.